The lowest BCUT2D eigenvalue weighted by molar-refractivity contribution is -0.145. The fraction of sp³-hybridized carbons (Fsp3) is 0.667. The van der Waals surface area contributed by atoms with Crippen molar-refractivity contribution in [2.75, 3.05) is 0 Å². The molecule has 2 rings (SSSR count). The number of halogens is 1. The Morgan fingerprint density at radius 3 is 2.79 bits per heavy atom. The van der Waals surface area contributed by atoms with Crippen molar-refractivity contribution in [3.63, 3.8) is 0 Å². The number of hydrogen-bond acceptors (Lipinski definition) is 2. The number of carboxylic acids is 1. The second kappa shape index (κ2) is 6.40. The summed E-state index contributed by atoms with van der Waals surface area (Å²) < 4.78 is 1.11. The summed E-state index contributed by atoms with van der Waals surface area (Å²) in [4.78, 5) is 12.7. The summed E-state index contributed by atoms with van der Waals surface area (Å²) in [5.74, 6) is 0.874. The van der Waals surface area contributed by atoms with Crippen LogP contribution >= 0.6 is 27.3 Å². The molecule has 1 aliphatic carbocycles. The van der Waals surface area contributed by atoms with Crippen molar-refractivity contribution in [3.05, 3.63) is 20.8 Å². The molecule has 1 aromatic heterocycles. The van der Waals surface area contributed by atoms with Crippen molar-refractivity contribution in [2.45, 2.75) is 39.5 Å². The van der Waals surface area contributed by atoms with Gasteiger partial charge in [-0.3, -0.25) is 4.79 Å². The van der Waals surface area contributed by atoms with Crippen LogP contribution in [0.5, 0.6) is 0 Å². The third-order valence-corrected chi connectivity index (χ3v) is 6.09. The Labute approximate surface area is 127 Å². The van der Waals surface area contributed by atoms with E-state index in [0.29, 0.717) is 17.8 Å². The molecule has 1 N–H and O–H groups in total. The van der Waals surface area contributed by atoms with Gasteiger partial charge in [0.2, 0.25) is 0 Å². The van der Waals surface area contributed by atoms with Crippen molar-refractivity contribution in [1.82, 2.24) is 0 Å². The summed E-state index contributed by atoms with van der Waals surface area (Å²) >= 11 is 5.20. The molecule has 0 amide bonds. The van der Waals surface area contributed by atoms with Crippen LogP contribution in [0.25, 0.3) is 0 Å². The third-order valence-electron chi connectivity index (χ3n) is 4.37. The van der Waals surface area contributed by atoms with Crippen molar-refractivity contribution < 1.29 is 9.90 Å². The second-order valence-electron chi connectivity index (χ2n) is 5.96. The topological polar surface area (TPSA) is 37.3 Å². The highest BCUT2D eigenvalue weighted by atomic mass is 79.9. The summed E-state index contributed by atoms with van der Waals surface area (Å²) in [5.41, 5.74) is 0. The molecule has 4 heteroatoms. The van der Waals surface area contributed by atoms with Crippen molar-refractivity contribution in [1.29, 1.82) is 0 Å². The van der Waals surface area contributed by atoms with E-state index in [9.17, 15) is 9.90 Å². The maximum Gasteiger partial charge on any atom is 0.306 e. The molecule has 0 aliphatic heterocycles. The maximum absolute atomic E-state index is 11.4. The van der Waals surface area contributed by atoms with E-state index in [1.165, 1.54) is 4.88 Å². The van der Waals surface area contributed by atoms with Crippen LogP contribution in [0.4, 0.5) is 0 Å². The van der Waals surface area contributed by atoms with E-state index in [0.717, 1.165) is 30.2 Å². The predicted molar refractivity (Wildman–Crippen MR) is 82.5 cm³/mol. The molecule has 3 atom stereocenters. The molecule has 0 radical (unpaired) electrons. The van der Waals surface area contributed by atoms with Crippen molar-refractivity contribution in [2.24, 2.45) is 23.7 Å². The Bertz CT molecular complexity index is 441. The molecule has 2 nitrogen and oxygen atoms in total. The number of thiophene rings is 1. The van der Waals surface area contributed by atoms with Crippen LogP contribution in [-0.2, 0) is 11.2 Å². The lowest BCUT2D eigenvalue weighted by atomic mass is 9.69. The molecule has 0 spiro atoms. The van der Waals surface area contributed by atoms with Gasteiger partial charge in [-0.1, -0.05) is 13.8 Å². The molecule has 1 saturated carbocycles. The fourth-order valence-electron chi connectivity index (χ4n) is 3.18. The largest absolute Gasteiger partial charge is 0.481 e. The van der Waals surface area contributed by atoms with Gasteiger partial charge in [0.25, 0.3) is 0 Å². The van der Waals surface area contributed by atoms with Gasteiger partial charge in [-0.15, -0.1) is 11.3 Å². The monoisotopic (exact) mass is 344 g/mol. The predicted octanol–water partition coefficient (Wildman–Crippen LogP) is 4.83. The standard InChI is InChI=1S/C15H21BrO2S/c1-9(2)10-3-4-14(15(17)18)11(5-10)6-13-7-12(16)8-19-13/h7-11,14H,3-6H2,1-2H3,(H,17,18). The van der Waals surface area contributed by atoms with Crippen LogP contribution in [0.3, 0.4) is 0 Å². The summed E-state index contributed by atoms with van der Waals surface area (Å²) in [6.07, 6.45) is 3.88. The van der Waals surface area contributed by atoms with Crippen LogP contribution < -0.4 is 0 Å². The fourth-order valence-corrected chi connectivity index (χ4v) is 4.72. The Balaban J connectivity index is 2.09. The van der Waals surface area contributed by atoms with Gasteiger partial charge in [-0.25, -0.2) is 0 Å². The molecule has 1 fully saturated rings. The average Bonchev–Trinajstić information content (AvgIpc) is 2.74. The van der Waals surface area contributed by atoms with E-state index in [4.69, 9.17) is 0 Å². The van der Waals surface area contributed by atoms with E-state index in [1.807, 2.05) is 0 Å². The van der Waals surface area contributed by atoms with Gasteiger partial charge >= 0.3 is 5.97 Å². The van der Waals surface area contributed by atoms with E-state index in [2.05, 4.69) is 41.2 Å². The first-order chi connectivity index (χ1) is 8.97. The van der Waals surface area contributed by atoms with E-state index < -0.39 is 5.97 Å². The van der Waals surface area contributed by atoms with E-state index in [1.54, 1.807) is 11.3 Å². The molecule has 0 saturated heterocycles. The minimum absolute atomic E-state index is 0.157. The summed E-state index contributed by atoms with van der Waals surface area (Å²) in [6.45, 7) is 4.51. The van der Waals surface area contributed by atoms with Gasteiger partial charge in [0, 0.05) is 14.7 Å². The van der Waals surface area contributed by atoms with Gasteiger partial charge in [0.05, 0.1) is 5.92 Å². The lowest BCUT2D eigenvalue weighted by Gasteiger charge is -2.35. The van der Waals surface area contributed by atoms with Crippen LogP contribution in [0.2, 0.25) is 0 Å². The van der Waals surface area contributed by atoms with Gasteiger partial charge in [0.15, 0.2) is 0 Å². The summed E-state index contributed by atoms with van der Waals surface area (Å²) in [5, 5.41) is 11.5. The quantitative estimate of drug-likeness (QED) is 0.849. The first-order valence-electron chi connectivity index (χ1n) is 6.93. The lowest BCUT2D eigenvalue weighted by Crippen LogP contribution is -2.33. The molecule has 106 valence electrons. The van der Waals surface area contributed by atoms with Crippen molar-refractivity contribution in [3.8, 4) is 0 Å². The molecule has 0 bridgehead atoms. The third kappa shape index (κ3) is 3.82. The summed E-state index contributed by atoms with van der Waals surface area (Å²) in [7, 11) is 0. The van der Waals surface area contributed by atoms with Crippen LogP contribution in [-0.4, -0.2) is 11.1 Å². The minimum atomic E-state index is -0.608. The highest BCUT2D eigenvalue weighted by molar-refractivity contribution is 9.10. The van der Waals surface area contributed by atoms with Crippen LogP contribution in [0, 0.1) is 23.7 Å². The SMILES string of the molecule is CC(C)C1CCC(C(=O)O)C(Cc2cc(Br)cs2)C1. The molecule has 3 unspecified atom stereocenters. The first-order valence-corrected chi connectivity index (χ1v) is 8.60. The smallest absolute Gasteiger partial charge is 0.306 e. The highest BCUT2D eigenvalue weighted by Crippen LogP contribution is 2.40. The number of hydrogen-bond donors (Lipinski definition) is 1. The Hall–Kier alpha value is -0.350. The molecule has 0 aromatic carbocycles. The van der Waals surface area contributed by atoms with Gasteiger partial charge in [-0.2, -0.15) is 0 Å². The zero-order chi connectivity index (χ0) is 14.0. The summed E-state index contributed by atoms with van der Waals surface area (Å²) in [6, 6.07) is 2.13. The molecule has 19 heavy (non-hydrogen) atoms. The zero-order valence-corrected chi connectivity index (χ0v) is 13.8. The van der Waals surface area contributed by atoms with E-state index >= 15 is 0 Å². The highest BCUT2D eigenvalue weighted by Gasteiger charge is 2.36. The van der Waals surface area contributed by atoms with E-state index in [-0.39, 0.29) is 5.92 Å². The van der Waals surface area contributed by atoms with Crippen LogP contribution in [0.1, 0.15) is 38.0 Å². The second-order valence-corrected chi connectivity index (χ2v) is 7.87. The number of carbonyl (C=O) groups is 1. The Morgan fingerprint density at radius 2 is 2.26 bits per heavy atom. The molecular weight excluding hydrogens is 324 g/mol. The first kappa shape index (κ1) is 15.0. The van der Waals surface area contributed by atoms with Gasteiger partial charge < -0.3 is 5.11 Å². The van der Waals surface area contributed by atoms with Crippen LogP contribution in [0.15, 0.2) is 15.9 Å². The Kier molecular flexibility index (Phi) is 5.07. The number of aliphatic carboxylic acids is 1. The maximum atomic E-state index is 11.4. The Morgan fingerprint density at radius 1 is 1.53 bits per heavy atom. The number of rotatable bonds is 4. The molecule has 1 heterocycles. The average molecular weight is 345 g/mol. The van der Waals surface area contributed by atoms with Gasteiger partial charge in [0.1, 0.15) is 0 Å². The minimum Gasteiger partial charge on any atom is -0.481 e. The number of carboxylic acid groups (broad SMARTS) is 1. The normalized spacial score (nSPS) is 27.7. The molecular formula is C15H21BrO2S. The molecule has 1 aliphatic rings. The zero-order valence-electron chi connectivity index (χ0n) is 11.4. The molecule has 1 aromatic rings. The van der Waals surface area contributed by atoms with Gasteiger partial charge in [-0.05, 0) is 65.4 Å². The van der Waals surface area contributed by atoms with Crippen molar-refractivity contribution >= 4 is 33.2 Å².